The average molecular weight is 419 g/mol. The molecule has 0 spiro atoms. The monoisotopic (exact) mass is 419 g/mol. The van der Waals surface area contributed by atoms with Crippen molar-refractivity contribution in [2.45, 2.75) is 19.5 Å². The Bertz CT molecular complexity index is 1150. The molecule has 0 saturated carbocycles. The number of rotatable bonds is 5. The van der Waals surface area contributed by atoms with Crippen LogP contribution in [0.3, 0.4) is 0 Å². The first-order chi connectivity index (χ1) is 14.9. The van der Waals surface area contributed by atoms with Crippen molar-refractivity contribution in [3.8, 4) is 11.1 Å². The molecule has 158 valence electrons. The van der Waals surface area contributed by atoms with E-state index in [1.165, 1.54) is 19.2 Å². The van der Waals surface area contributed by atoms with E-state index in [4.69, 9.17) is 10.5 Å². The number of carbonyl (C=O) groups excluding carboxylic acids is 2. The fraction of sp³-hybridized carbons (Fsp3) is 0.208. The van der Waals surface area contributed by atoms with Gasteiger partial charge in [0.2, 0.25) is 0 Å². The van der Waals surface area contributed by atoms with Crippen molar-refractivity contribution in [3.05, 3.63) is 88.5 Å². The maximum atomic E-state index is 13.4. The van der Waals surface area contributed by atoms with Gasteiger partial charge in [-0.3, -0.25) is 9.69 Å². The number of carbonyl (C=O) groups is 2. The van der Waals surface area contributed by atoms with E-state index in [9.17, 15) is 14.0 Å². The number of methoxy groups -OCH3 is 1. The minimum Gasteiger partial charge on any atom is -0.465 e. The summed E-state index contributed by atoms with van der Waals surface area (Å²) in [5, 5.41) is 0. The maximum Gasteiger partial charge on any atom is 0.337 e. The zero-order chi connectivity index (χ0) is 22.0. The lowest BCUT2D eigenvalue weighted by Crippen LogP contribution is -2.32. The Morgan fingerprint density at radius 3 is 2.65 bits per heavy atom. The summed E-state index contributed by atoms with van der Waals surface area (Å²) >= 11 is 0. The van der Waals surface area contributed by atoms with Crippen LogP contribution in [0, 0.1) is 5.82 Å². The van der Waals surface area contributed by atoms with E-state index in [0.717, 1.165) is 40.9 Å². The normalized spacial score (nSPS) is 13.5. The molecule has 1 aliphatic heterocycles. The predicted molar refractivity (Wildman–Crippen MR) is 114 cm³/mol. The average Bonchev–Trinajstić information content (AvgIpc) is 2.78. The number of nitrogens with zero attached hydrogens (tertiary/aromatic N) is 2. The third-order valence-corrected chi connectivity index (χ3v) is 5.42. The molecule has 0 aliphatic carbocycles. The molecule has 0 fully saturated rings. The molecule has 1 aromatic heterocycles. The number of esters is 1. The Morgan fingerprint density at radius 1 is 1.16 bits per heavy atom. The number of ether oxygens (including phenoxy) is 1. The van der Waals surface area contributed by atoms with E-state index in [1.54, 1.807) is 24.3 Å². The van der Waals surface area contributed by atoms with Crippen LogP contribution in [-0.2, 0) is 24.2 Å². The minimum atomic E-state index is -0.603. The molecule has 2 N–H and O–H groups in total. The molecule has 0 unspecified atom stereocenters. The molecule has 31 heavy (non-hydrogen) atoms. The number of fused-ring (bicyclic) bond motifs is 1. The summed E-state index contributed by atoms with van der Waals surface area (Å²) in [5.41, 5.74) is 10.7. The number of amides is 1. The van der Waals surface area contributed by atoms with E-state index in [-0.39, 0.29) is 17.5 Å². The van der Waals surface area contributed by atoms with Gasteiger partial charge in [0.05, 0.1) is 18.4 Å². The third-order valence-electron chi connectivity index (χ3n) is 5.42. The van der Waals surface area contributed by atoms with Gasteiger partial charge in [-0.05, 0) is 59.0 Å². The number of hydrogen-bond donors (Lipinski definition) is 1. The molecular formula is C24H22FN3O3. The maximum absolute atomic E-state index is 13.4. The molecule has 1 aliphatic rings. The molecule has 6 nitrogen and oxygen atoms in total. The van der Waals surface area contributed by atoms with Crippen LogP contribution in [0.2, 0.25) is 0 Å². The summed E-state index contributed by atoms with van der Waals surface area (Å²) in [4.78, 5) is 30.4. The summed E-state index contributed by atoms with van der Waals surface area (Å²) in [6.45, 7) is 1.94. The largest absolute Gasteiger partial charge is 0.465 e. The third kappa shape index (κ3) is 4.46. The second-order valence-corrected chi connectivity index (χ2v) is 7.50. The van der Waals surface area contributed by atoms with E-state index in [0.29, 0.717) is 18.7 Å². The SMILES string of the molecule is COC(=O)c1cccc(CN2CCc3c(-c4ccc(F)cc4)cc(C(N)=O)nc3C2)c1. The van der Waals surface area contributed by atoms with Gasteiger partial charge in [0, 0.05) is 19.6 Å². The van der Waals surface area contributed by atoms with Gasteiger partial charge in [-0.1, -0.05) is 24.3 Å². The zero-order valence-corrected chi connectivity index (χ0v) is 17.1. The number of pyridine rings is 1. The molecule has 7 heteroatoms. The highest BCUT2D eigenvalue weighted by molar-refractivity contribution is 5.92. The minimum absolute atomic E-state index is 0.188. The van der Waals surface area contributed by atoms with Crippen molar-refractivity contribution < 1.29 is 18.7 Å². The molecule has 3 aromatic rings. The van der Waals surface area contributed by atoms with E-state index in [1.807, 2.05) is 18.2 Å². The van der Waals surface area contributed by atoms with Gasteiger partial charge >= 0.3 is 5.97 Å². The quantitative estimate of drug-likeness (QED) is 0.641. The Labute approximate surface area is 179 Å². The van der Waals surface area contributed by atoms with Crippen LogP contribution in [0.1, 0.15) is 37.7 Å². The molecule has 0 bridgehead atoms. The Balaban J connectivity index is 1.63. The first kappa shape index (κ1) is 20.7. The number of benzene rings is 2. The molecule has 0 radical (unpaired) electrons. The number of aromatic nitrogens is 1. The lowest BCUT2D eigenvalue weighted by Gasteiger charge is -2.30. The Morgan fingerprint density at radius 2 is 1.94 bits per heavy atom. The van der Waals surface area contributed by atoms with Crippen molar-refractivity contribution >= 4 is 11.9 Å². The fourth-order valence-electron chi connectivity index (χ4n) is 3.92. The standard InChI is InChI=1S/C24H22FN3O3/c1-31-24(30)17-4-2-3-15(11-17)13-28-10-9-19-20(16-5-7-18(25)8-6-16)12-21(23(26)29)27-22(19)14-28/h2-8,11-12H,9-10,13-14H2,1H3,(H2,26,29). The van der Waals surface area contributed by atoms with Gasteiger partial charge in [0.25, 0.3) is 5.91 Å². The van der Waals surface area contributed by atoms with E-state index >= 15 is 0 Å². The van der Waals surface area contributed by atoms with Crippen LogP contribution in [0.4, 0.5) is 4.39 Å². The van der Waals surface area contributed by atoms with Gasteiger partial charge in [0.15, 0.2) is 0 Å². The second-order valence-electron chi connectivity index (χ2n) is 7.50. The molecule has 4 rings (SSSR count). The number of primary amides is 1. The first-order valence-corrected chi connectivity index (χ1v) is 9.92. The lowest BCUT2D eigenvalue weighted by molar-refractivity contribution is 0.0600. The molecule has 0 saturated heterocycles. The van der Waals surface area contributed by atoms with Gasteiger partial charge in [-0.15, -0.1) is 0 Å². The summed E-state index contributed by atoms with van der Waals surface area (Å²) in [5.74, 6) is -1.29. The molecule has 2 heterocycles. The van der Waals surface area contributed by atoms with Crippen LogP contribution in [-0.4, -0.2) is 35.4 Å². The summed E-state index contributed by atoms with van der Waals surface area (Å²) < 4.78 is 18.2. The van der Waals surface area contributed by atoms with Crippen LogP contribution in [0.15, 0.2) is 54.6 Å². The summed E-state index contributed by atoms with van der Waals surface area (Å²) in [6, 6.07) is 15.2. The molecule has 1 amide bonds. The lowest BCUT2D eigenvalue weighted by atomic mass is 9.93. The summed E-state index contributed by atoms with van der Waals surface area (Å²) in [6.07, 6.45) is 0.727. The van der Waals surface area contributed by atoms with Gasteiger partial charge in [-0.25, -0.2) is 14.2 Å². The smallest absolute Gasteiger partial charge is 0.337 e. The number of hydrogen-bond acceptors (Lipinski definition) is 5. The van der Waals surface area contributed by atoms with E-state index < -0.39 is 5.91 Å². The highest BCUT2D eigenvalue weighted by Gasteiger charge is 2.23. The number of nitrogens with two attached hydrogens (primary N) is 1. The molecular weight excluding hydrogens is 397 g/mol. The summed E-state index contributed by atoms with van der Waals surface area (Å²) in [7, 11) is 1.36. The second kappa shape index (κ2) is 8.65. The zero-order valence-electron chi connectivity index (χ0n) is 17.1. The van der Waals surface area contributed by atoms with Gasteiger partial charge in [0.1, 0.15) is 11.5 Å². The Kier molecular flexibility index (Phi) is 5.77. The van der Waals surface area contributed by atoms with Crippen molar-refractivity contribution in [2.75, 3.05) is 13.7 Å². The van der Waals surface area contributed by atoms with Crippen LogP contribution < -0.4 is 5.73 Å². The van der Waals surface area contributed by atoms with Crippen molar-refractivity contribution in [3.63, 3.8) is 0 Å². The van der Waals surface area contributed by atoms with E-state index in [2.05, 4.69) is 9.88 Å². The van der Waals surface area contributed by atoms with Crippen LogP contribution in [0.5, 0.6) is 0 Å². The predicted octanol–water partition coefficient (Wildman–Crippen LogP) is 3.33. The van der Waals surface area contributed by atoms with Crippen molar-refractivity contribution in [1.82, 2.24) is 9.88 Å². The topological polar surface area (TPSA) is 85.5 Å². The van der Waals surface area contributed by atoms with Crippen LogP contribution >= 0.6 is 0 Å². The highest BCUT2D eigenvalue weighted by atomic mass is 19.1. The molecule has 0 atom stereocenters. The Hall–Kier alpha value is -3.58. The molecule has 2 aromatic carbocycles. The van der Waals surface area contributed by atoms with Crippen LogP contribution in [0.25, 0.3) is 11.1 Å². The highest BCUT2D eigenvalue weighted by Crippen LogP contribution is 2.31. The van der Waals surface area contributed by atoms with Gasteiger partial charge in [-0.2, -0.15) is 0 Å². The fourth-order valence-corrected chi connectivity index (χ4v) is 3.92. The first-order valence-electron chi connectivity index (χ1n) is 9.92. The number of halogens is 1. The van der Waals surface area contributed by atoms with Gasteiger partial charge < -0.3 is 10.5 Å². The van der Waals surface area contributed by atoms with Crippen molar-refractivity contribution in [2.24, 2.45) is 5.73 Å². The van der Waals surface area contributed by atoms with Crippen molar-refractivity contribution in [1.29, 1.82) is 0 Å².